The quantitative estimate of drug-likeness (QED) is 0.456. The molecular weight excluding hydrogens is 284 g/mol. The van der Waals surface area contributed by atoms with Crippen LogP contribution in [0.3, 0.4) is 0 Å². The summed E-state index contributed by atoms with van der Waals surface area (Å²) >= 11 is 0. The van der Waals surface area contributed by atoms with Crippen LogP contribution in [0, 0.1) is 5.92 Å². The first-order chi connectivity index (χ1) is 10.3. The van der Waals surface area contributed by atoms with Crippen molar-refractivity contribution in [3.63, 3.8) is 0 Å². The SMILES string of the molecule is C=C1C(=O)O[C@@H]2/C=C(\C)[C@H](OC(C)=O)C/C=C(\C)C[C@@H](O)[C@@H]12. The van der Waals surface area contributed by atoms with Crippen LogP contribution in [-0.2, 0) is 19.1 Å². The minimum absolute atomic E-state index is 0.291. The molecule has 0 bridgehead atoms. The van der Waals surface area contributed by atoms with Crippen LogP contribution in [0.4, 0.5) is 0 Å². The fourth-order valence-electron chi connectivity index (χ4n) is 2.94. The number of ether oxygens (including phenoxy) is 2. The maximum Gasteiger partial charge on any atom is 0.334 e. The van der Waals surface area contributed by atoms with Crippen molar-refractivity contribution in [3.05, 3.63) is 35.5 Å². The van der Waals surface area contributed by atoms with Gasteiger partial charge in [-0.3, -0.25) is 4.79 Å². The number of rotatable bonds is 1. The second-order valence-corrected chi connectivity index (χ2v) is 5.99. The number of aliphatic hydroxyl groups is 1. The number of aliphatic hydroxyl groups excluding tert-OH is 1. The molecule has 1 fully saturated rings. The highest BCUT2D eigenvalue weighted by Crippen LogP contribution is 2.34. The summed E-state index contributed by atoms with van der Waals surface area (Å²) in [7, 11) is 0. The third kappa shape index (κ3) is 3.47. The molecule has 0 aromatic carbocycles. The predicted octanol–water partition coefficient (Wildman–Crippen LogP) is 2.06. The van der Waals surface area contributed by atoms with E-state index >= 15 is 0 Å². The van der Waals surface area contributed by atoms with E-state index in [1.54, 1.807) is 6.08 Å². The Morgan fingerprint density at radius 2 is 2.14 bits per heavy atom. The molecular formula is C17H22O5. The number of hydrogen-bond acceptors (Lipinski definition) is 5. The zero-order valence-electron chi connectivity index (χ0n) is 13.2. The average Bonchev–Trinajstić information content (AvgIpc) is 2.68. The van der Waals surface area contributed by atoms with Crippen molar-refractivity contribution < 1.29 is 24.2 Å². The van der Waals surface area contributed by atoms with E-state index in [9.17, 15) is 14.7 Å². The van der Waals surface area contributed by atoms with Crippen molar-refractivity contribution in [2.45, 2.75) is 51.9 Å². The molecule has 2 rings (SSSR count). The van der Waals surface area contributed by atoms with Crippen LogP contribution in [-0.4, -0.2) is 35.4 Å². The summed E-state index contributed by atoms with van der Waals surface area (Å²) in [5.74, 6) is -1.31. The van der Waals surface area contributed by atoms with Crippen LogP contribution in [0.15, 0.2) is 35.5 Å². The van der Waals surface area contributed by atoms with Crippen LogP contribution in [0.5, 0.6) is 0 Å². The molecule has 22 heavy (non-hydrogen) atoms. The van der Waals surface area contributed by atoms with Gasteiger partial charge >= 0.3 is 11.9 Å². The minimum Gasteiger partial charge on any atom is -0.458 e. The first-order valence-electron chi connectivity index (χ1n) is 7.38. The van der Waals surface area contributed by atoms with Crippen LogP contribution in [0.25, 0.3) is 0 Å². The third-order valence-electron chi connectivity index (χ3n) is 4.13. The van der Waals surface area contributed by atoms with E-state index in [4.69, 9.17) is 9.47 Å². The van der Waals surface area contributed by atoms with Crippen LogP contribution < -0.4 is 0 Å². The lowest BCUT2D eigenvalue weighted by Crippen LogP contribution is -2.30. The van der Waals surface area contributed by atoms with Gasteiger partial charge in [-0.25, -0.2) is 4.79 Å². The van der Waals surface area contributed by atoms with Gasteiger partial charge in [-0.05, 0) is 31.9 Å². The maximum atomic E-state index is 11.8. The van der Waals surface area contributed by atoms with E-state index in [0.29, 0.717) is 18.4 Å². The molecule has 0 unspecified atom stereocenters. The first kappa shape index (κ1) is 16.5. The molecule has 0 amide bonds. The summed E-state index contributed by atoms with van der Waals surface area (Å²) in [6.45, 7) is 8.85. The normalized spacial score (nSPS) is 37.3. The van der Waals surface area contributed by atoms with Crippen LogP contribution in [0.1, 0.15) is 33.6 Å². The fraction of sp³-hybridized carbons (Fsp3) is 0.529. The van der Waals surface area contributed by atoms with Gasteiger partial charge in [-0.2, -0.15) is 0 Å². The van der Waals surface area contributed by atoms with Crippen molar-refractivity contribution in [3.8, 4) is 0 Å². The van der Waals surface area contributed by atoms with Gasteiger partial charge in [0.2, 0.25) is 0 Å². The molecule has 1 heterocycles. The number of fused-ring (bicyclic) bond motifs is 1. The predicted molar refractivity (Wildman–Crippen MR) is 80.8 cm³/mol. The Bertz CT molecular complexity index is 557. The second-order valence-electron chi connectivity index (χ2n) is 5.99. The van der Waals surface area contributed by atoms with Gasteiger partial charge in [0.15, 0.2) is 0 Å². The van der Waals surface area contributed by atoms with E-state index in [2.05, 4.69) is 6.58 Å². The molecule has 1 N–H and O–H groups in total. The van der Waals surface area contributed by atoms with Crippen molar-refractivity contribution in [2.24, 2.45) is 5.92 Å². The number of carbonyl (C=O) groups is 2. The Morgan fingerprint density at radius 3 is 2.77 bits per heavy atom. The van der Waals surface area contributed by atoms with Gasteiger partial charge in [0, 0.05) is 18.9 Å². The lowest BCUT2D eigenvalue weighted by atomic mass is 9.85. The van der Waals surface area contributed by atoms with Crippen molar-refractivity contribution in [1.82, 2.24) is 0 Å². The molecule has 5 nitrogen and oxygen atoms in total. The van der Waals surface area contributed by atoms with E-state index in [0.717, 1.165) is 11.1 Å². The van der Waals surface area contributed by atoms with Crippen molar-refractivity contribution >= 4 is 11.9 Å². The fourth-order valence-corrected chi connectivity index (χ4v) is 2.94. The summed E-state index contributed by atoms with van der Waals surface area (Å²) < 4.78 is 10.6. The van der Waals surface area contributed by atoms with Gasteiger partial charge in [-0.15, -0.1) is 0 Å². The molecule has 0 spiro atoms. The Morgan fingerprint density at radius 1 is 1.45 bits per heavy atom. The molecule has 2 aliphatic rings. The highest BCUT2D eigenvalue weighted by molar-refractivity contribution is 5.91. The Labute approximate surface area is 130 Å². The van der Waals surface area contributed by atoms with Gasteiger partial charge < -0.3 is 14.6 Å². The summed E-state index contributed by atoms with van der Waals surface area (Å²) in [5.41, 5.74) is 2.06. The Balaban J connectivity index is 2.37. The third-order valence-corrected chi connectivity index (χ3v) is 4.13. The molecule has 120 valence electrons. The molecule has 0 radical (unpaired) electrons. The van der Waals surface area contributed by atoms with E-state index in [1.807, 2.05) is 19.9 Å². The summed E-state index contributed by atoms with van der Waals surface area (Å²) in [6.07, 6.45) is 2.98. The van der Waals surface area contributed by atoms with Crippen molar-refractivity contribution in [1.29, 1.82) is 0 Å². The van der Waals surface area contributed by atoms with Gasteiger partial charge in [0.05, 0.1) is 12.0 Å². The topological polar surface area (TPSA) is 72.8 Å². The maximum absolute atomic E-state index is 11.8. The van der Waals surface area contributed by atoms with Gasteiger partial charge in [-0.1, -0.05) is 18.2 Å². The lowest BCUT2D eigenvalue weighted by molar-refractivity contribution is -0.144. The van der Waals surface area contributed by atoms with Crippen molar-refractivity contribution in [2.75, 3.05) is 0 Å². The van der Waals surface area contributed by atoms with E-state index < -0.39 is 30.2 Å². The lowest BCUT2D eigenvalue weighted by Gasteiger charge is -2.25. The standard InChI is InChI=1S/C17H22O5/c1-9-5-6-14(21-12(4)18)10(2)8-15-16(13(19)7-9)11(3)17(20)22-15/h5,8,13-16,19H,3,6-7H2,1-2,4H3/b9-5+,10-8+/t13-,14-,15-,16-/m1/s1. The first-order valence-corrected chi connectivity index (χ1v) is 7.38. The Kier molecular flexibility index (Phi) is 4.86. The molecule has 1 saturated heterocycles. The molecule has 0 aromatic heterocycles. The number of esters is 2. The summed E-state index contributed by atoms with van der Waals surface area (Å²) in [5, 5.41) is 10.4. The average molecular weight is 306 g/mol. The summed E-state index contributed by atoms with van der Waals surface area (Å²) in [4.78, 5) is 23.0. The largest absolute Gasteiger partial charge is 0.458 e. The van der Waals surface area contributed by atoms with Gasteiger partial charge in [0.25, 0.3) is 0 Å². The van der Waals surface area contributed by atoms with E-state index in [1.165, 1.54) is 6.92 Å². The molecule has 1 aliphatic carbocycles. The summed E-state index contributed by atoms with van der Waals surface area (Å²) in [6, 6.07) is 0. The minimum atomic E-state index is -0.727. The van der Waals surface area contributed by atoms with E-state index in [-0.39, 0.29) is 5.97 Å². The molecule has 0 aromatic rings. The number of carbonyl (C=O) groups excluding carboxylic acids is 2. The molecule has 1 aliphatic heterocycles. The number of hydrogen-bond donors (Lipinski definition) is 1. The highest BCUT2D eigenvalue weighted by Gasteiger charge is 2.42. The second kappa shape index (κ2) is 6.48. The van der Waals surface area contributed by atoms with Crippen LogP contribution in [0.2, 0.25) is 0 Å². The molecule has 4 atom stereocenters. The Hall–Kier alpha value is -1.88. The zero-order chi connectivity index (χ0) is 16.4. The van der Waals surface area contributed by atoms with Crippen LogP contribution >= 0.6 is 0 Å². The zero-order valence-corrected chi connectivity index (χ0v) is 13.2. The molecule has 5 heteroatoms. The monoisotopic (exact) mass is 306 g/mol. The van der Waals surface area contributed by atoms with Gasteiger partial charge in [0.1, 0.15) is 12.2 Å². The smallest absolute Gasteiger partial charge is 0.334 e. The molecule has 0 saturated carbocycles. The highest BCUT2D eigenvalue weighted by atomic mass is 16.6.